The fourth-order valence-electron chi connectivity index (χ4n) is 6.33. The SMILES string of the molecule is C=CCN1CC(=O)N2[C@@H](Cc3ccc(O)cc3)C(=O)N(Cc3cccnc3-c3ccc(OC)cc3)C[C@@H]2N1C(=O)NCc1ccccc1. The Bertz CT molecular complexity index is 1770. The number of nitrogens with zero attached hydrogens (tertiary/aromatic N) is 5. The number of ether oxygens (including phenoxy) is 1. The highest BCUT2D eigenvalue weighted by Crippen LogP contribution is 2.31. The molecule has 11 nitrogen and oxygen atoms in total. The first-order valence-corrected chi connectivity index (χ1v) is 15.8. The van der Waals surface area contributed by atoms with Crippen LogP contribution in [0.2, 0.25) is 0 Å². The van der Waals surface area contributed by atoms with Crippen molar-refractivity contribution in [3.63, 3.8) is 0 Å². The summed E-state index contributed by atoms with van der Waals surface area (Å²) in [6, 6.07) is 26.2. The quantitative estimate of drug-likeness (QED) is 0.248. The monoisotopic (exact) mass is 646 g/mol. The molecule has 3 aromatic carbocycles. The summed E-state index contributed by atoms with van der Waals surface area (Å²) in [5, 5.41) is 16.1. The number of pyridine rings is 1. The minimum Gasteiger partial charge on any atom is -0.508 e. The summed E-state index contributed by atoms with van der Waals surface area (Å²) in [5.74, 6) is 0.326. The predicted molar refractivity (Wildman–Crippen MR) is 180 cm³/mol. The number of phenolic OH excluding ortho intramolecular Hbond substituents is 1. The third-order valence-corrected chi connectivity index (χ3v) is 8.65. The molecule has 0 unspecified atom stereocenters. The van der Waals surface area contributed by atoms with Crippen LogP contribution in [0.25, 0.3) is 11.3 Å². The van der Waals surface area contributed by atoms with Gasteiger partial charge in [0.25, 0.3) is 0 Å². The topological polar surface area (TPSA) is 119 Å². The molecule has 2 N–H and O–H groups in total. The lowest BCUT2D eigenvalue weighted by molar-refractivity contribution is -0.189. The Balaban J connectivity index is 1.36. The number of carbonyl (C=O) groups is 3. The molecular formula is C37H38N6O5. The van der Waals surface area contributed by atoms with Crippen molar-refractivity contribution < 1.29 is 24.2 Å². The number of carbonyl (C=O) groups excluding carboxylic acids is 3. The van der Waals surface area contributed by atoms with Crippen molar-refractivity contribution >= 4 is 17.8 Å². The van der Waals surface area contributed by atoms with E-state index in [0.717, 1.165) is 33.7 Å². The number of hydrazine groups is 1. The highest BCUT2D eigenvalue weighted by Gasteiger charge is 2.51. The van der Waals surface area contributed by atoms with Crippen LogP contribution >= 0.6 is 0 Å². The maximum atomic E-state index is 14.4. The third-order valence-electron chi connectivity index (χ3n) is 8.65. The minimum absolute atomic E-state index is 0.0833. The Hall–Kier alpha value is -5.68. The second-order valence-electron chi connectivity index (χ2n) is 11.8. The third kappa shape index (κ3) is 6.86. The van der Waals surface area contributed by atoms with Gasteiger partial charge in [-0.1, -0.05) is 54.6 Å². The van der Waals surface area contributed by atoms with Crippen molar-refractivity contribution in [2.24, 2.45) is 0 Å². The second kappa shape index (κ2) is 14.4. The number of aromatic nitrogens is 1. The van der Waals surface area contributed by atoms with Crippen LogP contribution in [0.3, 0.4) is 0 Å². The predicted octanol–water partition coefficient (Wildman–Crippen LogP) is 4.20. The van der Waals surface area contributed by atoms with Crippen LogP contribution in [0.1, 0.15) is 16.7 Å². The van der Waals surface area contributed by atoms with E-state index in [1.165, 1.54) is 0 Å². The van der Waals surface area contributed by atoms with Gasteiger partial charge in [-0.15, -0.1) is 6.58 Å². The number of rotatable bonds is 10. The zero-order chi connectivity index (χ0) is 33.6. The van der Waals surface area contributed by atoms with Crippen LogP contribution in [0, 0.1) is 0 Å². The summed E-state index contributed by atoms with van der Waals surface area (Å²) in [6.07, 6.45) is 2.78. The Kier molecular flexibility index (Phi) is 9.67. The number of nitrogens with one attached hydrogen (secondary N) is 1. The average molecular weight is 647 g/mol. The van der Waals surface area contributed by atoms with Crippen molar-refractivity contribution in [1.82, 2.24) is 30.1 Å². The molecular weight excluding hydrogens is 608 g/mol. The summed E-state index contributed by atoms with van der Waals surface area (Å²) in [7, 11) is 1.61. The standard InChI is InChI=1S/C37H38N6O5/c1-3-20-41-25-34(45)42-32(21-26-11-15-30(44)16-12-26)36(46)40(24-33(42)43(41)37(47)39-22-27-8-5-4-6-9-27)23-29-10-7-19-38-35(29)28-13-17-31(48-2)18-14-28/h3-19,32-33,44H,1,20-25H2,2H3,(H,39,47)/t32-,33-/m0/s1. The lowest BCUT2D eigenvalue weighted by atomic mass is 9.97. The Morgan fingerprint density at radius 1 is 1.00 bits per heavy atom. The Morgan fingerprint density at radius 2 is 1.75 bits per heavy atom. The first kappa shape index (κ1) is 32.3. The molecule has 2 fully saturated rings. The lowest BCUT2D eigenvalue weighted by Gasteiger charge is -2.55. The molecule has 0 saturated carbocycles. The van der Waals surface area contributed by atoms with E-state index in [-0.39, 0.29) is 56.2 Å². The molecule has 246 valence electrons. The molecule has 2 aliphatic heterocycles. The summed E-state index contributed by atoms with van der Waals surface area (Å²) in [6.45, 7) is 4.61. The van der Waals surface area contributed by atoms with Gasteiger partial charge < -0.3 is 25.0 Å². The number of piperazine rings is 1. The molecule has 1 aromatic heterocycles. The minimum atomic E-state index is -0.891. The molecule has 0 spiro atoms. The maximum absolute atomic E-state index is 14.4. The normalized spacial score (nSPS) is 18.0. The zero-order valence-electron chi connectivity index (χ0n) is 26.7. The van der Waals surface area contributed by atoms with E-state index < -0.39 is 12.2 Å². The van der Waals surface area contributed by atoms with Gasteiger partial charge in [0.1, 0.15) is 23.7 Å². The van der Waals surface area contributed by atoms with Crippen LogP contribution in [0.4, 0.5) is 4.79 Å². The van der Waals surface area contributed by atoms with Gasteiger partial charge in [0.2, 0.25) is 11.8 Å². The van der Waals surface area contributed by atoms with Crippen LogP contribution < -0.4 is 10.1 Å². The smallest absolute Gasteiger partial charge is 0.334 e. The fraction of sp³-hybridized carbons (Fsp3) is 0.243. The zero-order valence-corrected chi connectivity index (χ0v) is 26.7. The van der Waals surface area contributed by atoms with Gasteiger partial charge in [-0.2, -0.15) is 0 Å². The van der Waals surface area contributed by atoms with Crippen molar-refractivity contribution in [2.45, 2.75) is 31.7 Å². The van der Waals surface area contributed by atoms with Crippen molar-refractivity contribution in [3.05, 3.63) is 127 Å². The van der Waals surface area contributed by atoms with E-state index >= 15 is 0 Å². The summed E-state index contributed by atoms with van der Waals surface area (Å²) >= 11 is 0. The molecule has 4 aromatic rings. The Morgan fingerprint density at radius 3 is 2.46 bits per heavy atom. The van der Waals surface area contributed by atoms with Gasteiger partial charge >= 0.3 is 6.03 Å². The van der Waals surface area contributed by atoms with Gasteiger partial charge in [-0.25, -0.2) is 14.8 Å². The molecule has 0 bridgehead atoms. The van der Waals surface area contributed by atoms with Crippen molar-refractivity contribution in [3.8, 4) is 22.8 Å². The van der Waals surface area contributed by atoms with E-state index in [0.29, 0.717) is 6.54 Å². The highest BCUT2D eigenvalue weighted by molar-refractivity contribution is 5.92. The fourth-order valence-corrected chi connectivity index (χ4v) is 6.33. The molecule has 0 radical (unpaired) electrons. The van der Waals surface area contributed by atoms with E-state index in [4.69, 9.17) is 4.74 Å². The number of methoxy groups -OCH3 is 1. The van der Waals surface area contributed by atoms with Crippen LogP contribution in [0.5, 0.6) is 11.5 Å². The van der Waals surface area contributed by atoms with Crippen LogP contribution in [-0.4, -0.2) is 86.7 Å². The lowest BCUT2D eigenvalue weighted by Crippen LogP contribution is -2.76. The average Bonchev–Trinajstić information content (AvgIpc) is 3.11. The van der Waals surface area contributed by atoms with Gasteiger partial charge in [0.05, 0.1) is 25.9 Å². The molecule has 0 aliphatic carbocycles. The molecule has 48 heavy (non-hydrogen) atoms. The molecule has 11 heteroatoms. The molecule has 2 atom stereocenters. The number of benzene rings is 3. The van der Waals surface area contributed by atoms with Gasteiger partial charge in [0.15, 0.2) is 0 Å². The number of urea groups is 1. The number of phenols is 1. The van der Waals surface area contributed by atoms with E-state index in [1.54, 1.807) is 63.5 Å². The largest absolute Gasteiger partial charge is 0.508 e. The van der Waals surface area contributed by atoms with E-state index in [9.17, 15) is 19.5 Å². The summed E-state index contributed by atoms with van der Waals surface area (Å²) in [4.78, 5) is 50.2. The second-order valence-corrected chi connectivity index (χ2v) is 11.8. The summed E-state index contributed by atoms with van der Waals surface area (Å²) < 4.78 is 5.33. The van der Waals surface area contributed by atoms with Crippen LogP contribution in [-0.2, 0) is 29.1 Å². The number of hydrogen-bond acceptors (Lipinski definition) is 7. The first-order valence-electron chi connectivity index (χ1n) is 15.8. The molecule has 4 amide bonds. The first-order chi connectivity index (χ1) is 23.4. The number of amides is 4. The maximum Gasteiger partial charge on any atom is 0.334 e. The van der Waals surface area contributed by atoms with Gasteiger partial charge in [-0.05, 0) is 59.2 Å². The van der Waals surface area contributed by atoms with Crippen LogP contribution in [0.15, 0.2) is 110 Å². The molecule has 2 aliphatic rings. The van der Waals surface area contributed by atoms with Crippen molar-refractivity contribution in [1.29, 1.82) is 0 Å². The number of fused-ring (bicyclic) bond motifs is 1. The van der Waals surface area contributed by atoms with Crippen molar-refractivity contribution in [2.75, 3.05) is 26.7 Å². The summed E-state index contributed by atoms with van der Waals surface area (Å²) in [5.41, 5.74) is 4.10. The number of aromatic hydroxyl groups is 1. The molecule has 6 rings (SSSR count). The van der Waals surface area contributed by atoms with E-state index in [2.05, 4.69) is 16.9 Å². The molecule has 2 saturated heterocycles. The number of hydrogen-bond donors (Lipinski definition) is 2. The Labute approximate surface area is 279 Å². The molecule has 3 heterocycles. The highest BCUT2D eigenvalue weighted by atomic mass is 16.5. The van der Waals surface area contributed by atoms with Gasteiger partial charge in [-0.3, -0.25) is 14.6 Å². The van der Waals surface area contributed by atoms with Gasteiger partial charge in [0, 0.05) is 37.8 Å². The van der Waals surface area contributed by atoms with E-state index in [1.807, 2.05) is 66.7 Å².